The number of aliphatic hydroxyl groups excluding tert-OH is 1. The average molecular weight is 207 g/mol. The highest BCUT2D eigenvalue weighted by molar-refractivity contribution is 5.38. The van der Waals surface area contributed by atoms with Crippen LogP contribution in [0.3, 0.4) is 0 Å². The quantitative estimate of drug-likeness (QED) is 0.793. The first kappa shape index (κ1) is 12.2. The lowest BCUT2D eigenvalue weighted by Gasteiger charge is -2.19. The van der Waals surface area contributed by atoms with Gasteiger partial charge in [-0.05, 0) is 49.6 Å². The van der Waals surface area contributed by atoms with Crippen molar-refractivity contribution < 1.29 is 5.11 Å². The summed E-state index contributed by atoms with van der Waals surface area (Å²) in [6.07, 6.45) is 0. The molecule has 2 heteroatoms. The number of rotatable bonds is 4. The Balaban J connectivity index is 3.06. The van der Waals surface area contributed by atoms with Crippen LogP contribution in [0, 0.1) is 20.8 Å². The van der Waals surface area contributed by atoms with Crippen molar-refractivity contribution >= 4 is 0 Å². The summed E-state index contributed by atoms with van der Waals surface area (Å²) in [6.45, 7) is 9.40. The molecular weight excluding hydrogens is 186 g/mol. The molecule has 0 heterocycles. The summed E-state index contributed by atoms with van der Waals surface area (Å²) in [6, 6.07) is 4.42. The summed E-state index contributed by atoms with van der Waals surface area (Å²) >= 11 is 0. The molecule has 2 N–H and O–H groups in total. The highest BCUT2D eigenvalue weighted by atomic mass is 16.3. The minimum Gasteiger partial charge on any atom is -0.394 e. The summed E-state index contributed by atoms with van der Waals surface area (Å²) in [5.74, 6) is 0. The molecule has 0 saturated heterocycles. The van der Waals surface area contributed by atoms with Crippen LogP contribution in [0.2, 0.25) is 0 Å². The largest absolute Gasteiger partial charge is 0.394 e. The first-order chi connectivity index (χ1) is 7.10. The van der Waals surface area contributed by atoms with Crippen LogP contribution < -0.4 is 5.32 Å². The Kier molecular flexibility index (Phi) is 4.30. The third kappa shape index (κ3) is 2.80. The van der Waals surface area contributed by atoms with Gasteiger partial charge in [0.1, 0.15) is 0 Å². The zero-order valence-electron chi connectivity index (χ0n) is 10.1. The van der Waals surface area contributed by atoms with E-state index in [-0.39, 0.29) is 12.6 Å². The van der Waals surface area contributed by atoms with Gasteiger partial charge in [-0.15, -0.1) is 0 Å². The van der Waals surface area contributed by atoms with Gasteiger partial charge in [-0.25, -0.2) is 0 Å². The van der Waals surface area contributed by atoms with E-state index in [0.29, 0.717) is 0 Å². The zero-order valence-corrected chi connectivity index (χ0v) is 10.1. The summed E-state index contributed by atoms with van der Waals surface area (Å²) in [4.78, 5) is 0. The van der Waals surface area contributed by atoms with Crippen molar-refractivity contribution in [3.63, 3.8) is 0 Å². The lowest BCUT2D eigenvalue weighted by atomic mass is 9.96. The van der Waals surface area contributed by atoms with Crippen LogP contribution in [0.25, 0.3) is 0 Å². The number of nitrogens with one attached hydrogen (secondary N) is 1. The van der Waals surface area contributed by atoms with Gasteiger partial charge in [-0.1, -0.05) is 19.1 Å². The monoisotopic (exact) mass is 207 g/mol. The minimum absolute atomic E-state index is 0.0642. The van der Waals surface area contributed by atoms with Gasteiger partial charge in [0.25, 0.3) is 0 Å². The van der Waals surface area contributed by atoms with Crippen LogP contribution in [-0.4, -0.2) is 18.3 Å². The van der Waals surface area contributed by atoms with Gasteiger partial charge in [0.2, 0.25) is 0 Å². The van der Waals surface area contributed by atoms with E-state index in [0.717, 1.165) is 6.54 Å². The van der Waals surface area contributed by atoms with Crippen molar-refractivity contribution in [1.29, 1.82) is 0 Å². The topological polar surface area (TPSA) is 32.3 Å². The average Bonchev–Trinajstić information content (AvgIpc) is 2.20. The van der Waals surface area contributed by atoms with Gasteiger partial charge < -0.3 is 10.4 Å². The van der Waals surface area contributed by atoms with E-state index >= 15 is 0 Å². The summed E-state index contributed by atoms with van der Waals surface area (Å²) in [5, 5.41) is 12.6. The summed E-state index contributed by atoms with van der Waals surface area (Å²) in [7, 11) is 0. The molecule has 1 unspecified atom stereocenters. The smallest absolute Gasteiger partial charge is 0.0626 e. The number of aliphatic hydroxyl groups is 1. The van der Waals surface area contributed by atoms with Crippen molar-refractivity contribution in [3.05, 3.63) is 34.4 Å². The maximum Gasteiger partial charge on any atom is 0.0626 e. The molecule has 0 aliphatic rings. The van der Waals surface area contributed by atoms with Crippen LogP contribution in [0.4, 0.5) is 0 Å². The Morgan fingerprint density at radius 1 is 1.13 bits per heavy atom. The van der Waals surface area contributed by atoms with Gasteiger partial charge in [0, 0.05) is 0 Å². The number of benzene rings is 1. The van der Waals surface area contributed by atoms with Crippen LogP contribution in [-0.2, 0) is 0 Å². The zero-order chi connectivity index (χ0) is 11.4. The molecule has 0 radical (unpaired) electrons. The Morgan fingerprint density at radius 3 is 2.27 bits per heavy atom. The van der Waals surface area contributed by atoms with E-state index in [2.05, 4.69) is 45.1 Å². The van der Waals surface area contributed by atoms with E-state index in [9.17, 15) is 5.11 Å². The van der Waals surface area contributed by atoms with E-state index < -0.39 is 0 Å². The molecule has 0 aromatic heterocycles. The van der Waals surface area contributed by atoms with Crippen molar-refractivity contribution in [2.24, 2.45) is 0 Å². The molecule has 0 aliphatic heterocycles. The maximum atomic E-state index is 9.33. The van der Waals surface area contributed by atoms with Crippen molar-refractivity contribution in [3.8, 4) is 0 Å². The molecule has 2 nitrogen and oxygen atoms in total. The Hall–Kier alpha value is -0.860. The SMILES string of the molecule is CCNC(CO)c1cc(C)c(C)cc1C. The van der Waals surface area contributed by atoms with Gasteiger partial charge in [0.15, 0.2) is 0 Å². The molecule has 0 saturated carbocycles. The number of likely N-dealkylation sites (N-methyl/N-ethyl adjacent to an activating group) is 1. The fourth-order valence-electron chi connectivity index (χ4n) is 1.88. The molecule has 0 bridgehead atoms. The molecule has 84 valence electrons. The second kappa shape index (κ2) is 5.29. The fourth-order valence-corrected chi connectivity index (χ4v) is 1.88. The van der Waals surface area contributed by atoms with Crippen LogP contribution in [0.5, 0.6) is 0 Å². The fraction of sp³-hybridized carbons (Fsp3) is 0.538. The standard InChI is InChI=1S/C13H21NO/c1-5-14-13(8-15)12-7-10(3)9(2)6-11(12)4/h6-7,13-15H,5,8H2,1-4H3. The third-order valence-electron chi connectivity index (χ3n) is 2.89. The minimum atomic E-state index is 0.0642. The van der Waals surface area contributed by atoms with Gasteiger partial charge in [-0.2, -0.15) is 0 Å². The molecule has 0 fully saturated rings. The Morgan fingerprint density at radius 2 is 1.73 bits per heavy atom. The predicted molar refractivity (Wildman–Crippen MR) is 64.2 cm³/mol. The van der Waals surface area contributed by atoms with Gasteiger partial charge in [0.05, 0.1) is 12.6 Å². The summed E-state index contributed by atoms with van der Waals surface area (Å²) in [5.41, 5.74) is 5.05. The Labute approximate surface area is 92.3 Å². The molecule has 0 amide bonds. The number of aryl methyl sites for hydroxylation is 3. The molecule has 0 aliphatic carbocycles. The van der Waals surface area contributed by atoms with E-state index in [1.54, 1.807) is 0 Å². The van der Waals surface area contributed by atoms with Crippen molar-refractivity contribution in [2.75, 3.05) is 13.2 Å². The number of hydrogen-bond donors (Lipinski definition) is 2. The van der Waals surface area contributed by atoms with Crippen molar-refractivity contribution in [2.45, 2.75) is 33.7 Å². The molecule has 1 aromatic rings. The van der Waals surface area contributed by atoms with E-state index in [1.165, 1.54) is 22.3 Å². The molecule has 1 aromatic carbocycles. The van der Waals surface area contributed by atoms with Crippen LogP contribution >= 0.6 is 0 Å². The van der Waals surface area contributed by atoms with Crippen LogP contribution in [0.15, 0.2) is 12.1 Å². The lowest BCUT2D eigenvalue weighted by molar-refractivity contribution is 0.246. The first-order valence-corrected chi connectivity index (χ1v) is 5.52. The third-order valence-corrected chi connectivity index (χ3v) is 2.89. The van der Waals surface area contributed by atoms with Crippen molar-refractivity contribution in [1.82, 2.24) is 5.32 Å². The lowest BCUT2D eigenvalue weighted by Crippen LogP contribution is -2.24. The van der Waals surface area contributed by atoms with E-state index in [4.69, 9.17) is 0 Å². The maximum absolute atomic E-state index is 9.33. The number of hydrogen-bond acceptors (Lipinski definition) is 2. The Bertz CT molecular complexity index is 334. The summed E-state index contributed by atoms with van der Waals surface area (Å²) < 4.78 is 0. The first-order valence-electron chi connectivity index (χ1n) is 5.52. The van der Waals surface area contributed by atoms with Gasteiger partial charge >= 0.3 is 0 Å². The molecule has 0 spiro atoms. The molecule has 1 atom stereocenters. The second-order valence-corrected chi connectivity index (χ2v) is 4.09. The normalized spacial score (nSPS) is 12.9. The highest BCUT2D eigenvalue weighted by Gasteiger charge is 2.12. The van der Waals surface area contributed by atoms with E-state index in [1.807, 2.05) is 0 Å². The highest BCUT2D eigenvalue weighted by Crippen LogP contribution is 2.21. The predicted octanol–water partition coefficient (Wildman–Crippen LogP) is 2.25. The molecule has 15 heavy (non-hydrogen) atoms. The van der Waals surface area contributed by atoms with Crippen LogP contribution in [0.1, 0.15) is 35.2 Å². The van der Waals surface area contributed by atoms with Gasteiger partial charge in [-0.3, -0.25) is 0 Å². The molecular formula is C13H21NO. The second-order valence-electron chi connectivity index (χ2n) is 4.09. The molecule has 1 rings (SSSR count).